The summed E-state index contributed by atoms with van der Waals surface area (Å²) in [4.78, 5) is 10.8. The van der Waals surface area contributed by atoms with Crippen molar-refractivity contribution in [2.45, 2.75) is 51.5 Å². The van der Waals surface area contributed by atoms with Crippen LogP contribution in [-0.2, 0) is 4.79 Å². The third kappa shape index (κ3) is 2.14. The summed E-state index contributed by atoms with van der Waals surface area (Å²) in [6, 6.07) is 0.664. The molecule has 0 unspecified atom stereocenters. The van der Waals surface area contributed by atoms with Gasteiger partial charge in [-0.1, -0.05) is 6.42 Å². The zero-order chi connectivity index (χ0) is 11.6. The number of hydrogen-bond donors (Lipinski definition) is 0. The van der Waals surface area contributed by atoms with Crippen LogP contribution in [0.25, 0.3) is 0 Å². The maximum Gasteiger partial charge on any atom is 0.101 e. The molecule has 2 fully saturated rings. The summed E-state index contributed by atoms with van der Waals surface area (Å²) in [7, 11) is 0. The molecule has 0 radical (unpaired) electrons. The van der Waals surface area contributed by atoms with Crippen molar-refractivity contribution in [1.29, 1.82) is 0 Å². The Morgan fingerprint density at radius 2 is 1.81 bits per heavy atom. The maximum atomic E-state index is 10.8. The van der Waals surface area contributed by atoms with E-state index in [9.17, 15) is 9.90 Å². The summed E-state index contributed by atoms with van der Waals surface area (Å²) in [5.74, 6) is -1.01. The van der Waals surface area contributed by atoms with E-state index in [1.807, 2.05) is 6.20 Å². The molecule has 1 heterocycles. The van der Waals surface area contributed by atoms with Gasteiger partial charge in [0.2, 0.25) is 0 Å². The molecule has 3 heteroatoms. The van der Waals surface area contributed by atoms with Crippen molar-refractivity contribution < 1.29 is 14.4 Å². The number of carboxylic acids is 1. The molecule has 2 aliphatic rings. The fourth-order valence-electron chi connectivity index (χ4n) is 3.16. The van der Waals surface area contributed by atoms with Gasteiger partial charge in [-0.05, 0) is 32.6 Å². The molecule has 0 atom stereocenters. The Morgan fingerprint density at radius 1 is 1.19 bits per heavy atom. The highest BCUT2D eigenvalue weighted by atomic mass is 16.4. The summed E-state index contributed by atoms with van der Waals surface area (Å²) in [5.41, 5.74) is 0.408. The van der Waals surface area contributed by atoms with Gasteiger partial charge in [0.1, 0.15) is 6.20 Å². The molecule has 1 aliphatic carbocycles. The van der Waals surface area contributed by atoms with Crippen molar-refractivity contribution in [1.82, 2.24) is 0 Å². The summed E-state index contributed by atoms with van der Waals surface area (Å²) in [6.07, 6.45) is 9.67. The Kier molecular flexibility index (Phi) is 3.33. The van der Waals surface area contributed by atoms with Crippen LogP contribution in [0.5, 0.6) is 0 Å². The van der Waals surface area contributed by atoms with Gasteiger partial charge in [-0.2, -0.15) is 0 Å². The Balaban J connectivity index is 2.12. The van der Waals surface area contributed by atoms with Gasteiger partial charge in [0, 0.05) is 12.0 Å². The van der Waals surface area contributed by atoms with Crippen molar-refractivity contribution in [2.75, 3.05) is 13.1 Å². The van der Waals surface area contributed by atoms with Gasteiger partial charge in [-0.25, -0.2) is 0 Å². The second-order valence-electron chi connectivity index (χ2n) is 5.30. The molecule has 0 amide bonds. The van der Waals surface area contributed by atoms with Gasteiger partial charge in [0.05, 0.1) is 25.1 Å². The number of aliphatic carboxylic acids is 1. The van der Waals surface area contributed by atoms with E-state index in [-0.39, 0.29) is 0 Å². The molecule has 3 nitrogen and oxygen atoms in total. The molecule has 1 saturated heterocycles. The van der Waals surface area contributed by atoms with Gasteiger partial charge < -0.3 is 9.90 Å². The lowest BCUT2D eigenvalue weighted by Gasteiger charge is -2.50. The minimum Gasteiger partial charge on any atom is -0.545 e. The summed E-state index contributed by atoms with van der Waals surface area (Å²) >= 11 is 0. The van der Waals surface area contributed by atoms with Crippen LogP contribution in [0.1, 0.15) is 45.4 Å². The first kappa shape index (κ1) is 11.6. The molecule has 0 aromatic heterocycles. The topological polar surface area (TPSA) is 40.1 Å². The summed E-state index contributed by atoms with van der Waals surface area (Å²) < 4.78 is 0.916. The number of carbonyl (C=O) groups excluding carboxylic acids is 1. The molecule has 0 aromatic rings. The van der Waals surface area contributed by atoms with Crippen LogP contribution < -0.4 is 5.11 Å². The lowest BCUT2D eigenvalue weighted by Crippen LogP contribution is -2.60. The van der Waals surface area contributed by atoms with Crippen molar-refractivity contribution in [2.24, 2.45) is 0 Å². The van der Waals surface area contributed by atoms with Crippen molar-refractivity contribution >= 4 is 5.97 Å². The molecule has 0 N–H and O–H groups in total. The number of nitrogens with zero attached hydrogens (tertiary/aromatic N) is 1. The maximum absolute atomic E-state index is 10.8. The van der Waals surface area contributed by atoms with E-state index >= 15 is 0 Å². The normalized spacial score (nSPS) is 26.2. The molecular weight excluding hydrogens is 202 g/mol. The Labute approximate surface area is 97.3 Å². The van der Waals surface area contributed by atoms with Crippen LogP contribution in [0.3, 0.4) is 0 Å². The van der Waals surface area contributed by atoms with Crippen LogP contribution >= 0.6 is 0 Å². The smallest absolute Gasteiger partial charge is 0.101 e. The van der Waals surface area contributed by atoms with Crippen LogP contribution in [0.2, 0.25) is 0 Å². The van der Waals surface area contributed by atoms with E-state index in [1.165, 1.54) is 38.5 Å². The number of carboxylic acid groups (broad SMARTS) is 1. The number of quaternary nitrogens is 1. The molecule has 90 valence electrons. The number of likely N-dealkylation sites (tertiary alicyclic amines) is 1. The minimum atomic E-state index is -1.01. The van der Waals surface area contributed by atoms with Crippen LogP contribution in [0.4, 0.5) is 0 Å². The highest BCUT2D eigenvalue weighted by Crippen LogP contribution is 2.35. The van der Waals surface area contributed by atoms with Crippen LogP contribution in [0.15, 0.2) is 11.8 Å². The van der Waals surface area contributed by atoms with Gasteiger partial charge in [-0.15, -0.1) is 0 Å². The van der Waals surface area contributed by atoms with E-state index in [2.05, 4.69) is 0 Å². The molecule has 0 bridgehead atoms. The average Bonchev–Trinajstić information content (AvgIpc) is 2.24. The largest absolute Gasteiger partial charge is 0.545 e. The van der Waals surface area contributed by atoms with E-state index in [1.54, 1.807) is 6.92 Å². The quantitative estimate of drug-likeness (QED) is 0.532. The summed E-state index contributed by atoms with van der Waals surface area (Å²) in [6.45, 7) is 3.90. The fourth-order valence-corrected chi connectivity index (χ4v) is 3.16. The van der Waals surface area contributed by atoms with E-state index < -0.39 is 5.97 Å². The highest BCUT2D eigenvalue weighted by molar-refractivity contribution is 5.83. The molecule has 0 spiro atoms. The number of hydrogen-bond acceptors (Lipinski definition) is 2. The molecule has 2 rings (SSSR count). The first-order valence-corrected chi connectivity index (χ1v) is 6.41. The summed E-state index contributed by atoms with van der Waals surface area (Å²) in [5, 5.41) is 10.8. The first-order valence-electron chi connectivity index (χ1n) is 6.41. The van der Waals surface area contributed by atoms with Crippen molar-refractivity contribution in [3.8, 4) is 0 Å². The molecule has 1 aliphatic heterocycles. The SMILES string of the molecule is CC(=C[N+]1(C2CCCCC2)CCC1)C(=O)[O-]. The van der Waals surface area contributed by atoms with Gasteiger partial charge in [0.15, 0.2) is 0 Å². The van der Waals surface area contributed by atoms with Gasteiger partial charge in [-0.3, -0.25) is 4.48 Å². The molecule has 1 saturated carbocycles. The van der Waals surface area contributed by atoms with E-state index in [0.717, 1.165) is 17.6 Å². The van der Waals surface area contributed by atoms with Gasteiger partial charge in [0.25, 0.3) is 0 Å². The monoisotopic (exact) mass is 223 g/mol. The van der Waals surface area contributed by atoms with Crippen LogP contribution in [0, 0.1) is 0 Å². The van der Waals surface area contributed by atoms with Crippen LogP contribution in [-0.4, -0.2) is 29.6 Å². The Hall–Kier alpha value is -0.830. The molecule has 16 heavy (non-hydrogen) atoms. The second-order valence-corrected chi connectivity index (χ2v) is 5.30. The third-order valence-corrected chi connectivity index (χ3v) is 4.22. The number of rotatable bonds is 3. The minimum absolute atomic E-state index is 0.408. The van der Waals surface area contributed by atoms with Crippen molar-refractivity contribution in [3.63, 3.8) is 0 Å². The second kappa shape index (κ2) is 4.58. The number of carbonyl (C=O) groups is 1. The standard InChI is InChI=1S/C13H21NO2/c1-11(13(15)16)10-14(8-5-9-14)12-6-3-2-4-7-12/h10,12H,2-9H2,1H3. The highest BCUT2D eigenvalue weighted by Gasteiger charge is 2.42. The fraction of sp³-hybridized carbons (Fsp3) is 0.769. The lowest BCUT2D eigenvalue weighted by atomic mass is 9.89. The lowest BCUT2D eigenvalue weighted by molar-refractivity contribution is -0.942. The van der Waals surface area contributed by atoms with E-state index in [4.69, 9.17) is 0 Å². The van der Waals surface area contributed by atoms with Crippen molar-refractivity contribution in [3.05, 3.63) is 11.8 Å². The predicted molar refractivity (Wildman–Crippen MR) is 60.2 cm³/mol. The average molecular weight is 223 g/mol. The predicted octanol–water partition coefficient (Wildman–Crippen LogP) is 1.19. The molecule has 0 aromatic carbocycles. The zero-order valence-electron chi connectivity index (χ0n) is 10.1. The Bertz CT molecular complexity index is 299. The van der Waals surface area contributed by atoms with E-state index in [0.29, 0.717) is 11.6 Å². The molecular formula is C13H21NO2. The third-order valence-electron chi connectivity index (χ3n) is 4.22. The first-order chi connectivity index (χ1) is 7.64. The zero-order valence-corrected chi connectivity index (χ0v) is 10.1. The Morgan fingerprint density at radius 3 is 2.25 bits per heavy atom. The van der Waals surface area contributed by atoms with Gasteiger partial charge >= 0.3 is 0 Å².